The highest BCUT2D eigenvalue weighted by Gasteiger charge is 2.25. The second-order valence-corrected chi connectivity index (χ2v) is 6.67. The van der Waals surface area contributed by atoms with E-state index < -0.39 is 0 Å². The number of rotatable bonds is 6. The Hall–Kier alpha value is -3.02. The maximum absolute atomic E-state index is 12.2. The van der Waals surface area contributed by atoms with Crippen molar-refractivity contribution in [2.45, 2.75) is 19.4 Å². The standard InChI is InChI=1S/C21H25N3O3/c1-15-7-3-4-8-17(15)21(26)22-13-20(25)23-16-11-12-24(14-16)18-9-5-6-10-19(18)27-2/h3-10,16H,11-14H2,1-2H3,(H,22,26)(H,23,25). The number of hydrogen-bond acceptors (Lipinski definition) is 4. The van der Waals surface area contributed by atoms with Gasteiger partial charge in [-0.05, 0) is 37.1 Å². The zero-order valence-electron chi connectivity index (χ0n) is 15.7. The molecule has 0 saturated carbocycles. The average molecular weight is 367 g/mol. The van der Waals surface area contributed by atoms with Crippen LogP contribution in [-0.4, -0.2) is 44.6 Å². The summed E-state index contributed by atoms with van der Waals surface area (Å²) in [5.41, 5.74) is 2.51. The molecular formula is C21H25N3O3. The van der Waals surface area contributed by atoms with Crippen LogP contribution in [0.2, 0.25) is 0 Å². The summed E-state index contributed by atoms with van der Waals surface area (Å²) in [7, 11) is 1.66. The minimum Gasteiger partial charge on any atom is -0.495 e. The summed E-state index contributed by atoms with van der Waals surface area (Å²) in [6.45, 7) is 3.41. The topological polar surface area (TPSA) is 70.7 Å². The molecule has 0 spiro atoms. The van der Waals surface area contributed by atoms with Crippen LogP contribution in [0.4, 0.5) is 5.69 Å². The number of ether oxygens (including phenoxy) is 1. The van der Waals surface area contributed by atoms with E-state index in [2.05, 4.69) is 15.5 Å². The molecule has 2 N–H and O–H groups in total. The zero-order chi connectivity index (χ0) is 19.2. The van der Waals surface area contributed by atoms with Crippen molar-refractivity contribution in [3.63, 3.8) is 0 Å². The summed E-state index contributed by atoms with van der Waals surface area (Å²) >= 11 is 0. The molecule has 1 aliphatic heterocycles. The first-order valence-corrected chi connectivity index (χ1v) is 9.09. The highest BCUT2D eigenvalue weighted by Crippen LogP contribution is 2.30. The van der Waals surface area contributed by atoms with E-state index in [-0.39, 0.29) is 24.4 Å². The molecule has 0 bridgehead atoms. The van der Waals surface area contributed by atoms with Gasteiger partial charge in [0.05, 0.1) is 19.3 Å². The van der Waals surface area contributed by atoms with E-state index in [9.17, 15) is 9.59 Å². The molecule has 27 heavy (non-hydrogen) atoms. The molecule has 1 heterocycles. The van der Waals surface area contributed by atoms with Gasteiger partial charge in [0.25, 0.3) is 5.91 Å². The first-order chi connectivity index (χ1) is 13.1. The van der Waals surface area contributed by atoms with Gasteiger partial charge in [-0.25, -0.2) is 0 Å². The van der Waals surface area contributed by atoms with E-state index in [1.165, 1.54) is 0 Å². The molecule has 0 aliphatic carbocycles. The molecule has 6 heteroatoms. The third-order valence-corrected chi connectivity index (χ3v) is 4.78. The number of amides is 2. The molecule has 0 radical (unpaired) electrons. The van der Waals surface area contributed by atoms with Crippen molar-refractivity contribution in [1.29, 1.82) is 0 Å². The first-order valence-electron chi connectivity index (χ1n) is 9.09. The summed E-state index contributed by atoms with van der Waals surface area (Å²) in [4.78, 5) is 26.6. The van der Waals surface area contributed by atoms with E-state index >= 15 is 0 Å². The lowest BCUT2D eigenvalue weighted by Gasteiger charge is -2.21. The van der Waals surface area contributed by atoms with E-state index in [0.717, 1.165) is 36.5 Å². The lowest BCUT2D eigenvalue weighted by atomic mass is 10.1. The maximum Gasteiger partial charge on any atom is 0.251 e. The molecule has 2 aromatic rings. The molecule has 2 aromatic carbocycles. The summed E-state index contributed by atoms with van der Waals surface area (Å²) in [5.74, 6) is 0.420. The van der Waals surface area contributed by atoms with Gasteiger partial charge in [-0.2, -0.15) is 0 Å². The van der Waals surface area contributed by atoms with Crippen LogP contribution < -0.4 is 20.3 Å². The van der Waals surface area contributed by atoms with Crippen molar-refractivity contribution >= 4 is 17.5 Å². The van der Waals surface area contributed by atoms with Gasteiger partial charge in [0.1, 0.15) is 5.75 Å². The monoisotopic (exact) mass is 367 g/mol. The van der Waals surface area contributed by atoms with Crippen molar-refractivity contribution in [1.82, 2.24) is 10.6 Å². The van der Waals surface area contributed by atoms with E-state index in [1.54, 1.807) is 13.2 Å². The van der Waals surface area contributed by atoms with Crippen LogP contribution in [0.15, 0.2) is 48.5 Å². The Morgan fingerprint density at radius 3 is 2.67 bits per heavy atom. The van der Waals surface area contributed by atoms with Crippen LogP contribution >= 0.6 is 0 Å². The largest absolute Gasteiger partial charge is 0.495 e. The molecule has 1 atom stereocenters. The molecule has 2 amide bonds. The Morgan fingerprint density at radius 1 is 1.15 bits per heavy atom. The van der Waals surface area contributed by atoms with Crippen LogP contribution in [0, 0.1) is 6.92 Å². The third-order valence-electron chi connectivity index (χ3n) is 4.78. The Labute approximate surface area is 159 Å². The van der Waals surface area contributed by atoms with Crippen molar-refractivity contribution < 1.29 is 14.3 Å². The molecule has 1 aliphatic rings. The zero-order valence-corrected chi connectivity index (χ0v) is 15.7. The number of methoxy groups -OCH3 is 1. The minimum atomic E-state index is -0.231. The smallest absolute Gasteiger partial charge is 0.251 e. The van der Waals surface area contributed by atoms with Gasteiger partial charge in [-0.1, -0.05) is 30.3 Å². The number of hydrogen-bond donors (Lipinski definition) is 2. The van der Waals surface area contributed by atoms with Gasteiger partial charge in [-0.3, -0.25) is 9.59 Å². The third kappa shape index (κ3) is 4.58. The van der Waals surface area contributed by atoms with Gasteiger partial charge < -0.3 is 20.3 Å². The van der Waals surface area contributed by atoms with Crippen LogP contribution in [0.25, 0.3) is 0 Å². The molecule has 3 rings (SSSR count). The summed E-state index contributed by atoms with van der Waals surface area (Å²) in [6.07, 6.45) is 0.857. The summed E-state index contributed by atoms with van der Waals surface area (Å²) < 4.78 is 5.41. The number of benzene rings is 2. The quantitative estimate of drug-likeness (QED) is 0.821. The second-order valence-electron chi connectivity index (χ2n) is 6.67. The number of carbonyl (C=O) groups excluding carboxylic acids is 2. The van der Waals surface area contributed by atoms with Crippen LogP contribution in [0.5, 0.6) is 5.75 Å². The number of aryl methyl sites for hydroxylation is 1. The molecular weight excluding hydrogens is 342 g/mol. The van der Waals surface area contributed by atoms with Crippen LogP contribution in [-0.2, 0) is 4.79 Å². The van der Waals surface area contributed by atoms with E-state index in [0.29, 0.717) is 5.56 Å². The SMILES string of the molecule is COc1ccccc1N1CCC(NC(=O)CNC(=O)c2ccccc2C)C1. The Balaban J connectivity index is 1.49. The first kappa shape index (κ1) is 18.8. The van der Waals surface area contributed by atoms with E-state index in [4.69, 9.17) is 4.74 Å². The number of para-hydroxylation sites is 2. The van der Waals surface area contributed by atoms with Gasteiger partial charge in [-0.15, -0.1) is 0 Å². The van der Waals surface area contributed by atoms with Gasteiger partial charge in [0.2, 0.25) is 5.91 Å². The average Bonchev–Trinajstić information content (AvgIpc) is 3.14. The fourth-order valence-electron chi connectivity index (χ4n) is 3.35. The van der Waals surface area contributed by atoms with E-state index in [1.807, 2.05) is 49.4 Å². The van der Waals surface area contributed by atoms with Crippen molar-refractivity contribution in [2.75, 3.05) is 31.6 Å². The summed E-state index contributed by atoms with van der Waals surface area (Å²) in [5, 5.41) is 5.69. The predicted octanol–water partition coefficient (Wildman–Crippen LogP) is 2.13. The molecule has 1 saturated heterocycles. The van der Waals surface area contributed by atoms with Crippen LogP contribution in [0.1, 0.15) is 22.3 Å². The molecule has 6 nitrogen and oxygen atoms in total. The van der Waals surface area contributed by atoms with Crippen molar-refractivity contribution in [3.8, 4) is 5.75 Å². The number of anilines is 1. The lowest BCUT2D eigenvalue weighted by molar-refractivity contribution is -0.120. The number of nitrogens with zero attached hydrogens (tertiary/aromatic N) is 1. The van der Waals surface area contributed by atoms with Crippen LogP contribution in [0.3, 0.4) is 0 Å². The normalized spacial score (nSPS) is 16.1. The van der Waals surface area contributed by atoms with Gasteiger partial charge >= 0.3 is 0 Å². The van der Waals surface area contributed by atoms with Crippen molar-refractivity contribution in [3.05, 3.63) is 59.7 Å². The fraction of sp³-hybridized carbons (Fsp3) is 0.333. The highest BCUT2D eigenvalue weighted by atomic mass is 16.5. The summed E-state index contributed by atoms with van der Waals surface area (Å²) in [6, 6.07) is 15.2. The van der Waals surface area contributed by atoms with Gasteiger partial charge in [0.15, 0.2) is 0 Å². The molecule has 1 unspecified atom stereocenters. The highest BCUT2D eigenvalue weighted by molar-refractivity contribution is 5.97. The fourth-order valence-corrected chi connectivity index (χ4v) is 3.35. The maximum atomic E-state index is 12.2. The lowest BCUT2D eigenvalue weighted by Crippen LogP contribution is -2.43. The molecule has 1 fully saturated rings. The predicted molar refractivity (Wildman–Crippen MR) is 105 cm³/mol. The number of carbonyl (C=O) groups is 2. The Morgan fingerprint density at radius 2 is 1.89 bits per heavy atom. The second kappa shape index (κ2) is 8.58. The molecule has 142 valence electrons. The number of nitrogens with one attached hydrogen (secondary N) is 2. The Bertz CT molecular complexity index is 822. The molecule has 0 aromatic heterocycles. The Kier molecular flexibility index (Phi) is 5.96. The van der Waals surface area contributed by atoms with Gasteiger partial charge in [0, 0.05) is 24.7 Å². The van der Waals surface area contributed by atoms with Crippen molar-refractivity contribution in [2.24, 2.45) is 0 Å². The minimum absolute atomic E-state index is 0.0294.